The highest BCUT2D eigenvalue weighted by atomic mass is 16.3. The van der Waals surface area contributed by atoms with E-state index in [0.717, 1.165) is 44.7 Å². The molecule has 0 aromatic carbocycles. The Morgan fingerprint density at radius 2 is 2.22 bits per heavy atom. The first-order valence-electron chi connectivity index (χ1n) is 7.12. The minimum absolute atomic E-state index is 0.0162. The molecule has 0 aromatic heterocycles. The van der Waals surface area contributed by atoms with E-state index in [0.29, 0.717) is 0 Å². The quantitative estimate of drug-likeness (QED) is 0.794. The molecule has 1 saturated heterocycles. The Morgan fingerprint density at radius 1 is 1.50 bits per heavy atom. The smallest absolute Gasteiger partial charge is 0.230 e. The minimum Gasteiger partial charge on any atom is -0.395 e. The summed E-state index contributed by atoms with van der Waals surface area (Å²) in [5.41, 5.74) is -0.429. The number of hydrogen-bond acceptors (Lipinski definition) is 3. The van der Waals surface area contributed by atoms with Gasteiger partial charge in [-0.2, -0.15) is 0 Å². The fourth-order valence-corrected chi connectivity index (χ4v) is 3.19. The van der Waals surface area contributed by atoms with Crippen molar-refractivity contribution in [3.63, 3.8) is 0 Å². The van der Waals surface area contributed by atoms with Gasteiger partial charge in [-0.3, -0.25) is 4.79 Å². The summed E-state index contributed by atoms with van der Waals surface area (Å²) >= 11 is 0. The monoisotopic (exact) mass is 254 g/mol. The summed E-state index contributed by atoms with van der Waals surface area (Å²) in [6.07, 6.45) is 5.14. The number of amides is 1. The van der Waals surface area contributed by atoms with Gasteiger partial charge in [0, 0.05) is 20.1 Å². The third-order valence-electron chi connectivity index (χ3n) is 4.78. The van der Waals surface area contributed by atoms with E-state index in [4.69, 9.17) is 0 Å². The van der Waals surface area contributed by atoms with Crippen LogP contribution in [-0.4, -0.2) is 61.2 Å². The second-order valence-electron chi connectivity index (χ2n) is 6.22. The molecule has 1 N–H and O–H groups in total. The van der Waals surface area contributed by atoms with E-state index < -0.39 is 5.41 Å². The van der Waals surface area contributed by atoms with Crippen molar-refractivity contribution in [2.24, 2.45) is 11.3 Å². The van der Waals surface area contributed by atoms with E-state index in [-0.39, 0.29) is 12.5 Å². The zero-order valence-corrected chi connectivity index (χ0v) is 11.7. The maximum Gasteiger partial charge on any atom is 0.230 e. The molecule has 1 amide bonds. The molecule has 1 atom stereocenters. The molecule has 1 aliphatic carbocycles. The molecule has 104 valence electrons. The van der Waals surface area contributed by atoms with Crippen molar-refractivity contribution in [3.8, 4) is 0 Å². The van der Waals surface area contributed by atoms with Gasteiger partial charge in [0.15, 0.2) is 0 Å². The summed E-state index contributed by atoms with van der Waals surface area (Å²) < 4.78 is 0. The van der Waals surface area contributed by atoms with Crippen molar-refractivity contribution in [1.29, 1.82) is 0 Å². The Kier molecular flexibility index (Phi) is 4.28. The largest absolute Gasteiger partial charge is 0.395 e. The van der Waals surface area contributed by atoms with Crippen LogP contribution in [0.25, 0.3) is 0 Å². The first-order chi connectivity index (χ1) is 8.57. The van der Waals surface area contributed by atoms with Crippen LogP contribution in [0.15, 0.2) is 0 Å². The molecular weight excluding hydrogens is 228 g/mol. The van der Waals surface area contributed by atoms with Gasteiger partial charge in [-0.25, -0.2) is 0 Å². The van der Waals surface area contributed by atoms with Gasteiger partial charge >= 0.3 is 0 Å². The Labute approximate surface area is 110 Å². The molecule has 4 nitrogen and oxygen atoms in total. The first-order valence-corrected chi connectivity index (χ1v) is 7.12. The van der Waals surface area contributed by atoms with E-state index in [9.17, 15) is 9.90 Å². The Bertz CT molecular complexity index is 297. The summed E-state index contributed by atoms with van der Waals surface area (Å²) in [5, 5.41) is 9.42. The number of nitrogens with zero attached hydrogens (tertiary/aromatic N) is 2. The van der Waals surface area contributed by atoms with Crippen LogP contribution < -0.4 is 0 Å². The third kappa shape index (κ3) is 2.69. The third-order valence-corrected chi connectivity index (χ3v) is 4.78. The van der Waals surface area contributed by atoms with Crippen LogP contribution in [0.1, 0.15) is 32.1 Å². The van der Waals surface area contributed by atoms with Gasteiger partial charge in [0.05, 0.1) is 12.0 Å². The van der Waals surface area contributed by atoms with Crippen molar-refractivity contribution >= 4 is 5.91 Å². The van der Waals surface area contributed by atoms with Crippen LogP contribution >= 0.6 is 0 Å². The summed E-state index contributed by atoms with van der Waals surface area (Å²) in [6, 6.07) is 0. The minimum atomic E-state index is -0.429. The lowest BCUT2D eigenvalue weighted by molar-refractivity contribution is -0.149. The summed E-state index contributed by atoms with van der Waals surface area (Å²) in [6.45, 7) is 3.19. The number of likely N-dealkylation sites (tertiary alicyclic amines) is 1. The summed E-state index contributed by atoms with van der Waals surface area (Å²) in [7, 11) is 4.04. The van der Waals surface area contributed by atoms with Crippen molar-refractivity contribution in [3.05, 3.63) is 0 Å². The number of aliphatic hydroxyl groups is 1. The van der Waals surface area contributed by atoms with Crippen molar-refractivity contribution in [2.75, 3.05) is 40.3 Å². The lowest BCUT2D eigenvalue weighted by Crippen LogP contribution is -2.49. The zero-order valence-electron chi connectivity index (χ0n) is 11.7. The van der Waals surface area contributed by atoms with Crippen LogP contribution in [0.3, 0.4) is 0 Å². The van der Waals surface area contributed by atoms with Crippen LogP contribution in [0, 0.1) is 11.3 Å². The van der Waals surface area contributed by atoms with Crippen molar-refractivity contribution < 1.29 is 9.90 Å². The van der Waals surface area contributed by atoms with Gasteiger partial charge in [-0.15, -0.1) is 0 Å². The average molecular weight is 254 g/mol. The molecule has 2 rings (SSSR count). The maximum absolute atomic E-state index is 12.3. The van der Waals surface area contributed by atoms with Gasteiger partial charge in [0.2, 0.25) is 5.91 Å². The lowest BCUT2D eigenvalue weighted by atomic mass is 9.68. The Morgan fingerprint density at radius 3 is 2.67 bits per heavy atom. The number of hydrogen-bond donors (Lipinski definition) is 1. The van der Waals surface area contributed by atoms with E-state index in [1.807, 2.05) is 11.9 Å². The van der Waals surface area contributed by atoms with Crippen molar-refractivity contribution in [2.45, 2.75) is 32.1 Å². The Hall–Kier alpha value is -0.610. The zero-order chi connectivity index (χ0) is 13.2. The van der Waals surface area contributed by atoms with E-state index in [1.165, 1.54) is 13.0 Å². The average Bonchev–Trinajstić information content (AvgIpc) is 2.71. The van der Waals surface area contributed by atoms with Crippen LogP contribution in [0.2, 0.25) is 0 Å². The predicted molar refractivity (Wildman–Crippen MR) is 71.2 cm³/mol. The molecule has 0 bridgehead atoms. The van der Waals surface area contributed by atoms with E-state index in [2.05, 4.69) is 11.9 Å². The van der Waals surface area contributed by atoms with Gasteiger partial charge in [-0.1, -0.05) is 6.42 Å². The molecule has 1 saturated carbocycles. The molecule has 18 heavy (non-hydrogen) atoms. The summed E-state index contributed by atoms with van der Waals surface area (Å²) in [5.74, 6) is 0.888. The van der Waals surface area contributed by atoms with Crippen LogP contribution in [0.4, 0.5) is 0 Å². The second-order valence-corrected chi connectivity index (χ2v) is 6.22. The SMILES string of the molecule is CN1CCC(CCN(C)C(=O)C2(CO)CCC2)C1. The van der Waals surface area contributed by atoms with Gasteiger partial charge in [0.1, 0.15) is 0 Å². The number of carbonyl (C=O) groups is 1. The van der Waals surface area contributed by atoms with Crippen LogP contribution in [0.5, 0.6) is 0 Å². The highest BCUT2D eigenvalue weighted by molar-refractivity contribution is 5.83. The number of aliphatic hydroxyl groups excluding tert-OH is 1. The fraction of sp³-hybridized carbons (Fsp3) is 0.929. The topological polar surface area (TPSA) is 43.8 Å². The molecule has 1 heterocycles. The molecular formula is C14H26N2O2. The van der Waals surface area contributed by atoms with Gasteiger partial charge in [-0.05, 0) is 45.2 Å². The number of rotatable bonds is 5. The maximum atomic E-state index is 12.3. The Balaban J connectivity index is 1.77. The molecule has 0 radical (unpaired) electrons. The highest BCUT2D eigenvalue weighted by Crippen LogP contribution is 2.41. The first kappa shape index (κ1) is 13.8. The standard InChI is InChI=1S/C14H26N2O2/c1-15-8-4-12(10-15)5-9-16(2)13(18)14(11-17)6-3-7-14/h12,17H,3-11H2,1-2H3. The highest BCUT2D eigenvalue weighted by Gasteiger charge is 2.45. The molecule has 0 aromatic rings. The predicted octanol–water partition coefficient (Wildman–Crippen LogP) is 0.949. The van der Waals surface area contributed by atoms with Gasteiger partial charge < -0.3 is 14.9 Å². The normalized spacial score (nSPS) is 26.9. The molecule has 1 unspecified atom stereocenters. The molecule has 2 aliphatic rings. The van der Waals surface area contributed by atoms with Gasteiger partial charge in [0.25, 0.3) is 0 Å². The van der Waals surface area contributed by atoms with Crippen LogP contribution in [-0.2, 0) is 4.79 Å². The van der Waals surface area contributed by atoms with Crippen molar-refractivity contribution in [1.82, 2.24) is 9.80 Å². The molecule has 2 fully saturated rings. The van der Waals surface area contributed by atoms with E-state index in [1.54, 1.807) is 0 Å². The summed E-state index contributed by atoms with van der Waals surface area (Å²) in [4.78, 5) is 16.5. The molecule has 0 spiro atoms. The lowest BCUT2D eigenvalue weighted by Gasteiger charge is -2.41. The second kappa shape index (κ2) is 5.57. The van der Waals surface area contributed by atoms with E-state index >= 15 is 0 Å². The molecule has 4 heteroatoms. The number of carbonyl (C=O) groups excluding carboxylic acids is 1. The molecule has 1 aliphatic heterocycles. The fourth-order valence-electron chi connectivity index (χ4n) is 3.19.